The molecule has 2 saturated carbocycles. The van der Waals surface area contributed by atoms with Gasteiger partial charge in [0.05, 0.1) is 0 Å². The second-order valence-electron chi connectivity index (χ2n) is 7.83. The minimum Gasteiger partial charge on any atom is -0.271 e. The highest BCUT2D eigenvalue weighted by molar-refractivity contribution is 4.98. The highest BCUT2D eigenvalue weighted by atomic mass is 15.2. The van der Waals surface area contributed by atoms with Crippen molar-refractivity contribution < 1.29 is 0 Å². The predicted molar refractivity (Wildman–Crippen MR) is 82.6 cm³/mol. The molecule has 0 aromatic heterocycles. The maximum absolute atomic E-state index is 6.03. The van der Waals surface area contributed by atoms with Gasteiger partial charge in [0, 0.05) is 6.04 Å². The fourth-order valence-corrected chi connectivity index (χ4v) is 4.97. The van der Waals surface area contributed by atoms with Crippen molar-refractivity contribution in [1.82, 2.24) is 5.43 Å². The lowest BCUT2D eigenvalue weighted by Crippen LogP contribution is -2.53. The number of hydrogen-bond donors (Lipinski definition) is 2. The summed E-state index contributed by atoms with van der Waals surface area (Å²) in [6.45, 7) is 7.15. The normalized spacial score (nSPS) is 32.7. The van der Waals surface area contributed by atoms with Crippen LogP contribution >= 0.6 is 0 Å². The van der Waals surface area contributed by atoms with Gasteiger partial charge in [0.15, 0.2) is 0 Å². The number of nitrogens with two attached hydrogens (primary N) is 1. The first-order valence-corrected chi connectivity index (χ1v) is 8.53. The molecule has 112 valence electrons. The topological polar surface area (TPSA) is 38.0 Å². The lowest BCUT2D eigenvalue weighted by atomic mass is 9.65. The fraction of sp³-hybridized carbons (Fsp3) is 1.00. The van der Waals surface area contributed by atoms with E-state index in [-0.39, 0.29) is 0 Å². The molecule has 1 unspecified atom stereocenters. The lowest BCUT2D eigenvalue weighted by Gasteiger charge is -2.45. The smallest absolute Gasteiger partial charge is 0.0295 e. The SMILES string of the molecule is CC(C)CC1(C(NN)C2CCC(C)CC2)CCCC1. The quantitative estimate of drug-likeness (QED) is 0.576. The molecule has 0 amide bonds. The number of hydrazine groups is 1. The summed E-state index contributed by atoms with van der Waals surface area (Å²) >= 11 is 0. The summed E-state index contributed by atoms with van der Waals surface area (Å²) in [5.74, 6) is 8.56. The third kappa shape index (κ3) is 3.52. The average Bonchev–Trinajstić information content (AvgIpc) is 2.81. The van der Waals surface area contributed by atoms with Crippen molar-refractivity contribution in [1.29, 1.82) is 0 Å². The molecule has 2 rings (SSSR count). The van der Waals surface area contributed by atoms with Gasteiger partial charge in [0.2, 0.25) is 0 Å². The molecular weight excluding hydrogens is 232 g/mol. The molecule has 0 aliphatic heterocycles. The Morgan fingerprint density at radius 3 is 2.16 bits per heavy atom. The van der Waals surface area contributed by atoms with Crippen molar-refractivity contribution in [3.05, 3.63) is 0 Å². The molecule has 0 bridgehead atoms. The predicted octanol–water partition coefficient (Wildman–Crippen LogP) is 4.25. The Balaban J connectivity index is 2.08. The zero-order chi connectivity index (χ0) is 13.9. The van der Waals surface area contributed by atoms with Crippen molar-refractivity contribution >= 4 is 0 Å². The van der Waals surface area contributed by atoms with Gasteiger partial charge in [0.25, 0.3) is 0 Å². The highest BCUT2D eigenvalue weighted by Crippen LogP contribution is 2.49. The summed E-state index contributed by atoms with van der Waals surface area (Å²) in [5.41, 5.74) is 3.77. The van der Waals surface area contributed by atoms with Crippen molar-refractivity contribution in [2.45, 2.75) is 84.6 Å². The largest absolute Gasteiger partial charge is 0.271 e. The molecule has 2 aliphatic rings. The van der Waals surface area contributed by atoms with Crippen LogP contribution in [0.4, 0.5) is 0 Å². The number of hydrogen-bond acceptors (Lipinski definition) is 2. The summed E-state index contributed by atoms with van der Waals surface area (Å²) in [6, 6.07) is 0.560. The van der Waals surface area contributed by atoms with Crippen LogP contribution in [0.5, 0.6) is 0 Å². The van der Waals surface area contributed by atoms with E-state index in [1.54, 1.807) is 0 Å². The van der Waals surface area contributed by atoms with E-state index in [1.165, 1.54) is 57.8 Å². The van der Waals surface area contributed by atoms with Gasteiger partial charge in [-0.3, -0.25) is 11.3 Å². The van der Waals surface area contributed by atoms with Gasteiger partial charge in [-0.25, -0.2) is 0 Å². The molecule has 2 heteroatoms. The van der Waals surface area contributed by atoms with Crippen molar-refractivity contribution in [2.75, 3.05) is 0 Å². The summed E-state index contributed by atoms with van der Waals surface area (Å²) in [5, 5.41) is 0. The van der Waals surface area contributed by atoms with Gasteiger partial charge in [-0.1, -0.05) is 46.5 Å². The van der Waals surface area contributed by atoms with E-state index in [2.05, 4.69) is 26.2 Å². The molecular formula is C17H34N2. The summed E-state index contributed by atoms with van der Waals surface area (Å²) in [6.07, 6.45) is 12.5. The molecule has 0 radical (unpaired) electrons. The van der Waals surface area contributed by atoms with Crippen LogP contribution in [0.25, 0.3) is 0 Å². The fourth-order valence-electron chi connectivity index (χ4n) is 4.97. The first-order chi connectivity index (χ1) is 9.07. The third-order valence-corrected chi connectivity index (χ3v) is 5.79. The van der Waals surface area contributed by atoms with Gasteiger partial charge < -0.3 is 0 Å². The van der Waals surface area contributed by atoms with E-state index in [0.717, 1.165) is 17.8 Å². The van der Waals surface area contributed by atoms with Gasteiger partial charge >= 0.3 is 0 Å². The molecule has 19 heavy (non-hydrogen) atoms. The van der Waals surface area contributed by atoms with Crippen LogP contribution in [0.2, 0.25) is 0 Å². The third-order valence-electron chi connectivity index (χ3n) is 5.79. The maximum atomic E-state index is 6.03. The lowest BCUT2D eigenvalue weighted by molar-refractivity contribution is 0.0838. The second kappa shape index (κ2) is 6.58. The standard InChI is InChI=1S/C17H34N2/c1-13(2)12-17(10-4-5-11-17)16(19-18)15-8-6-14(3)7-9-15/h13-16,19H,4-12,18H2,1-3H3. The van der Waals surface area contributed by atoms with E-state index >= 15 is 0 Å². The van der Waals surface area contributed by atoms with Crippen LogP contribution in [0.1, 0.15) is 78.6 Å². The number of rotatable bonds is 5. The van der Waals surface area contributed by atoms with Gasteiger partial charge in [-0.05, 0) is 55.3 Å². The van der Waals surface area contributed by atoms with Crippen LogP contribution in [0.15, 0.2) is 0 Å². The molecule has 1 atom stereocenters. The molecule has 2 nitrogen and oxygen atoms in total. The molecule has 0 aromatic rings. The Kier molecular flexibility index (Phi) is 5.30. The Labute approximate surface area is 119 Å². The van der Waals surface area contributed by atoms with Crippen LogP contribution < -0.4 is 11.3 Å². The maximum Gasteiger partial charge on any atom is 0.0295 e. The van der Waals surface area contributed by atoms with E-state index in [4.69, 9.17) is 5.84 Å². The van der Waals surface area contributed by atoms with Crippen molar-refractivity contribution in [3.63, 3.8) is 0 Å². The van der Waals surface area contributed by atoms with Crippen LogP contribution in [-0.2, 0) is 0 Å². The van der Waals surface area contributed by atoms with Crippen LogP contribution in [0.3, 0.4) is 0 Å². The summed E-state index contributed by atoms with van der Waals surface area (Å²) in [7, 11) is 0. The second-order valence-corrected chi connectivity index (χ2v) is 7.83. The van der Waals surface area contributed by atoms with E-state index in [0.29, 0.717) is 11.5 Å². The molecule has 0 saturated heterocycles. The molecule has 3 N–H and O–H groups in total. The number of nitrogens with one attached hydrogen (secondary N) is 1. The molecule has 0 spiro atoms. The minimum atomic E-state index is 0.494. The van der Waals surface area contributed by atoms with Crippen LogP contribution in [0, 0.1) is 23.2 Å². The monoisotopic (exact) mass is 266 g/mol. The first kappa shape index (κ1) is 15.3. The van der Waals surface area contributed by atoms with Crippen molar-refractivity contribution in [3.8, 4) is 0 Å². The Bertz CT molecular complexity index is 260. The highest BCUT2D eigenvalue weighted by Gasteiger charge is 2.44. The van der Waals surface area contributed by atoms with Gasteiger partial charge in [-0.15, -0.1) is 0 Å². The summed E-state index contributed by atoms with van der Waals surface area (Å²) < 4.78 is 0. The zero-order valence-electron chi connectivity index (χ0n) is 13.3. The Morgan fingerprint density at radius 2 is 1.68 bits per heavy atom. The minimum absolute atomic E-state index is 0.494. The van der Waals surface area contributed by atoms with E-state index in [1.807, 2.05) is 0 Å². The molecule has 0 aromatic carbocycles. The first-order valence-electron chi connectivity index (χ1n) is 8.53. The Morgan fingerprint density at radius 1 is 1.11 bits per heavy atom. The van der Waals surface area contributed by atoms with Gasteiger partial charge in [0.1, 0.15) is 0 Å². The zero-order valence-corrected chi connectivity index (χ0v) is 13.3. The molecule has 2 aliphatic carbocycles. The average molecular weight is 266 g/mol. The van der Waals surface area contributed by atoms with E-state index in [9.17, 15) is 0 Å². The molecule has 0 heterocycles. The van der Waals surface area contributed by atoms with Crippen molar-refractivity contribution in [2.24, 2.45) is 29.0 Å². The summed E-state index contributed by atoms with van der Waals surface area (Å²) in [4.78, 5) is 0. The van der Waals surface area contributed by atoms with Crippen LogP contribution in [-0.4, -0.2) is 6.04 Å². The van der Waals surface area contributed by atoms with E-state index < -0.39 is 0 Å². The Hall–Kier alpha value is -0.0800. The van der Waals surface area contributed by atoms with Gasteiger partial charge in [-0.2, -0.15) is 0 Å². The molecule has 2 fully saturated rings.